The molecule has 5 nitrogen and oxygen atoms in total. The van der Waals surface area contributed by atoms with Crippen LogP contribution in [0.4, 0.5) is 0 Å². The molecule has 1 amide bonds. The molecule has 0 bridgehead atoms. The van der Waals surface area contributed by atoms with E-state index in [1.165, 1.54) is 19.2 Å². The van der Waals surface area contributed by atoms with Crippen LogP contribution in [-0.4, -0.2) is 25.0 Å². The van der Waals surface area contributed by atoms with Crippen molar-refractivity contribution >= 4 is 23.5 Å². The second-order valence-corrected chi connectivity index (χ2v) is 4.72. The average molecular weight is 308 g/mol. The lowest BCUT2D eigenvalue weighted by molar-refractivity contribution is -0.142. The summed E-state index contributed by atoms with van der Waals surface area (Å²) in [6.07, 6.45) is 0.327. The van der Waals surface area contributed by atoms with Crippen molar-refractivity contribution in [1.29, 1.82) is 0 Å². The van der Waals surface area contributed by atoms with Gasteiger partial charge in [0.05, 0.1) is 7.11 Å². The number of furan rings is 1. The lowest BCUT2D eigenvalue weighted by Gasteiger charge is -2.15. The number of hydrogen-bond acceptors (Lipinski definition) is 4. The molecule has 1 atom stereocenters. The van der Waals surface area contributed by atoms with Crippen LogP contribution in [0.15, 0.2) is 46.9 Å². The first-order valence-corrected chi connectivity index (χ1v) is 6.66. The fraction of sp³-hybridized carbons (Fsp3) is 0.200. The number of hydrogen-bond donors (Lipinski definition) is 1. The molecule has 1 unspecified atom stereocenters. The summed E-state index contributed by atoms with van der Waals surface area (Å²) in [5.41, 5.74) is 0.908. The topological polar surface area (TPSA) is 68.5 Å². The van der Waals surface area contributed by atoms with Crippen LogP contribution in [0.3, 0.4) is 0 Å². The summed E-state index contributed by atoms with van der Waals surface area (Å²) in [5.74, 6) is -1.000. The van der Waals surface area contributed by atoms with Gasteiger partial charge in [-0.3, -0.25) is 4.79 Å². The van der Waals surface area contributed by atoms with Gasteiger partial charge < -0.3 is 14.5 Å². The van der Waals surface area contributed by atoms with E-state index in [1.54, 1.807) is 0 Å². The molecule has 0 fully saturated rings. The summed E-state index contributed by atoms with van der Waals surface area (Å²) in [6, 6.07) is 11.4. The fourth-order valence-electron chi connectivity index (χ4n) is 1.85. The lowest BCUT2D eigenvalue weighted by Crippen LogP contribution is -2.42. The molecule has 0 aliphatic heterocycles. The van der Waals surface area contributed by atoms with E-state index in [0.29, 0.717) is 6.42 Å². The van der Waals surface area contributed by atoms with Crippen LogP contribution in [0.1, 0.15) is 16.1 Å². The van der Waals surface area contributed by atoms with Crippen LogP contribution in [0.5, 0.6) is 0 Å². The van der Waals surface area contributed by atoms with Crippen molar-refractivity contribution in [2.45, 2.75) is 12.5 Å². The number of halogens is 1. The standard InChI is InChI=1S/C15H14ClNO4/c1-20-15(19)11(9-10-5-3-2-4-6-10)17-14(18)12-7-8-13(16)21-12/h2-8,11H,9H2,1H3,(H,17,18). The molecule has 1 N–H and O–H groups in total. The predicted molar refractivity (Wildman–Crippen MR) is 77.1 cm³/mol. The van der Waals surface area contributed by atoms with Gasteiger partial charge in [-0.15, -0.1) is 0 Å². The Labute approximate surface area is 126 Å². The van der Waals surface area contributed by atoms with Crippen LogP contribution in [-0.2, 0) is 16.0 Å². The quantitative estimate of drug-likeness (QED) is 0.862. The molecule has 2 aromatic rings. The molecule has 0 saturated carbocycles. The molecule has 21 heavy (non-hydrogen) atoms. The molecule has 0 saturated heterocycles. The maximum atomic E-state index is 12.0. The lowest BCUT2D eigenvalue weighted by atomic mass is 10.1. The molecule has 1 aromatic heterocycles. The summed E-state index contributed by atoms with van der Waals surface area (Å²) in [6.45, 7) is 0. The van der Waals surface area contributed by atoms with Crippen molar-refractivity contribution < 1.29 is 18.7 Å². The van der Waals surface area contributed by atoms with Gasteiger partial charge >= 0.3 is 5.97 Å². The monoisotopic (exact) mass is 307 g/mol. The second-order valence-electron chi connectivity index (χ2n) is 4.34. The third-order valence-electron chi connectivity index (χ3n) is 2.87. The van der Waals surface area contributed by atoms with E-state index >= 15 is 0 Å². The van der Waals surface area contributed by atoms with Gasteiger partial charge in [-0.05, 0) is 29.3 Å². The van der Waals surface area contributed by atoms with Crippen molar-refractivity contribution in [2.75, 3.05) is 7.11 Å². The van der Waals surface area contributed by atoms with Crippen molar-refractivity contribution in [3.63, 3.8) is 0 Å². The molecule has 2 rings (SSSR count). The van der Waals surface area contributed by atoms with Gasteiger partial charge in [-0.1, -0.05) is 30.3 Å². The Morgan fingerprint density at radius 2 is 1.95 bits per heavy atom. The first kappa shape index (κ1) is 15.1. The zero-order valence-corrected chi connectivity index (χ0v) is 12.1. The third kappa shape index (κ3) is 4.10. The minimum Gasteiger partial charge on any atom is -0.467 e. The highest BCUT2D eigenvalue weighted by Gasteiger charge is 2.23. The molecule has 6 heteroatoms. The van der Waals surface area contributed by atoms with Gasteiger partial charge in [0.1, 0.15) is 6.04 Å². The van der Waals surface area contributed by atoms with E-state index in [0.717, 1.165) is 5.56 Å². The van der Waals surface area contributed by atoms with Gasteiger partial charge in [0.2, 0.25) is 0 Å². The molecular formula is C15H14ClNO4. The maximum absolute atomic E-state index is 12.0. The highest BCUT2D eigenvalue weighted by Crippen LogP contribution is 2.13. The molecule has 0 radical (unpaired) electrons. The number of carbonyl (C=O) groups is 2. The molecule has 0 aliphatic carbocycles. The summed E-state index contributed by atoms with van der Waals surface area (Å²) in [5, 5.41) is 2.69. The second kappa shape index (κ2) is 6.95. The van der Waals surface area contributed by atoms with Crippen molar-refractivity contribution in [3.8, 4) is 0 Å². The first-order chi connectivity index (χ1) is 10.1. The summed E-state index contributed by atoms with van der Waals surface area (Å²) < 4.78 is 9.73. The zero-order chi connectivity index (χ0) is 15.2. The number of benzene rings is 1. The van der Waals surface area contributed by atoms with Crippen molar-refractivity contribution in [3.05, 3.63) is 59.0 Å². The van der Waals surface area contributed by atoms with E-state index in [4.69, 9.17) is 20.8 Å². The van der Waals surface area contributed by atoms with Gasteiger partial charge in [-0.2, -0.15) is 0 Å². The number of amides is 1. The number of methoxy groups -OCH3 is 1. The number of carbonyl (C=O) groups excluding carboxylic acids is 2. The van der Waals surface area contributed by atoms with Crippen LogP contribution < -0.4 is 5.32 Å². The Balaban J connectivity index is 2.09. The maximum Gasteiger partial charge on any atom is 0.328 e. The summed E-state index contributed by atoms with van der Waals surface area (Å²) in [7, 11) is 1.27. The largest absolute Gasteiger partial charge is 0.467 e. The van der Waals surface area contributed by atoms with Crippen LogP contribution >= 0.6 is 11.6 Å². The minimum absolute atomic E-state index is 0.0435. The summed E-state index contributed by atoms with van der Waals surface area (Å²) >= 11 is 5.62. The third-order valence-corrected chi connectivity index (χ3v) is 3.07. The van der Waals surface area contributed by atoms with E-state index < -0.39 is 17.9 Å². The van der Waals surface area contributed by atoms with Gasteiger partial charge in [0, 0.05) is 6.42 Å². The van der Waals surface area contributed by atoms with Gasteiger partial charge in [-0.25, -0.2) is 4.79 Å². The van der Waals surface area contributed by atoms with E-state index in [-0.39, 0.29) is 11.0 Å². The molecule has 1 heterocycles. The molecule has 0 aliphatic rings. The van der Waals surface area contributed by atoms with E-state index in [1.807, 2.05) is 30.3 Å². The van der Waals surface area contributed by atoms with Crippen LogP contribution in [0, 0.1) is 0 Å². The highest BCUT2D eigenvalue weighted by molar-refractivity contribution is 6.29. The first-order valence-electron chi connectivity index (χ1n) is 6.28. The van der Waals surface area contributed by atoms with Crippen LogP contribution in [0.25, 0.3) is 0 Å². The molecule has 110 valence electrons. The average Bonchev–Trinajstić information content (AvgIpc) is 2.93. The number of esters is 1. The Hall–Kier alpha value is -2.27. The van der Waals surface area contributed by atoms with E-state index in [9.17, 15) is 9.59 Å². The van der Waals surface area contributed by atoms with Crippen molar-refractivity contribution in [1.82, 2.24) is 5.32 Å². The van der Waals surface area contributed by atoms with Gasteiger partial charge in [0.15, 0.2) is 11.0 Å². The minimum atomic E-state index is -0.797. The SMILES string of the molecule is COC(=O)C(Cc1ccccc1)NC(=O)c1ccc(Cl)o1. The van der Waals surface area contributed by atoms with Crippen molar-refractivity contribution in [2.24, 2.45) is 0 Å². The molecule has 1 aromatic carbocycles. The predicted octanol–water partition coefficient (Wildman–Crippen LogP) is 2.45. The van der Waals surface area contributed by atoms with Gasteiger partial charge in [0.25, 0.3) is 5.91 Å². The zero-order valence-electron chi connectivity index (χ0n) is 11.3. The normalized spacial score (nSPS) is 11.7. The Morgan fingerprint density at radius 3 is 2.52 bits per heavy atom. The van der Waals surface area contributed by atoms with Crippen LogP contribution in [0.2, 0.25) is 5.22 Å². The number of rotatable bonds is 5. The fourth-order valence-corrected chi connectivity index (χ4v) is 2.00. The Morgan fingerprint density at radius 1 is 1.24 bits per heavy atom. The molecule has 0 spiro atoms. The summed E-state index contributed by atoms with van der Waals surface area (Å²) in [4.78, 5) is 23.8. The highest BCUT2D eigenvalue weighted by atomic mass is 35.5. The smallest absolute Gasteiger partial charge is 0.328 e. The van der Waals surface area contributed by atoms with E-state index in [2.05, 4.69) is 5.32 Å². The Bertz CT molecular complexity index is 624. The Kier molecular flexibility index (Phi) is 5.00. The number of nitrogens with one attached hydrogen (secondary N) is 1. The number of ether oxygens (including phenoxy) is 1. The molecular weight excluding hydrogens is 294 g/mol.